The first-order valence-electron chi connectivity index (χ1n) is 5.93. The lowest BCUT2D eigenvalue weighted by Gasteiger charge is -2.18. The molecule has 8 heteroatoms. The van der Waals surface area contributed by atoms with Crippen molar-refractivity contribution in [1.82, 2.24) is 9.62 Å². The van der Waals surface area contributed by atoms with Crippen LogP contribution in [0.3, 0.4) is 0 Å². The molecule has 1 aromatic rings. The summed E-state index contributed by atoms with van der Waals surface area (Å²) in [6.07, 6.45) is 1.85. The molecule has 0 aliphatic carbocycles. The van der Waals surface area contributed by atoms with Crippen molar-refractivity contribution in [3.8, 4) is 0 Å². The molecule has 0 radical (unpaired) electrons. The van der Waals surface area contributed by atoms with Crippen molar-refractivity contribution < 1.29 is 17.2 Å². The molecule has 114 valence electrons. The molecular formula is C12H18F2N2O2S2. The first kappa shape index (κ1) is 17.4. The quantitative estimate of drug-likeness (QED) is 0.829. The maximum Gasteiger partial charge on any atom is 0.245 e. The van der Waals surface area contributed by atoms with E-state index in [1.807, 2.05) is 6.26 Å². The first-order chi connectivity index (χ1) is 9.36. The van der Waals surface area contributed by atoms with Crippen molar-refractivity contribution in [2.75, 3.05) is 32.6 Å². The summed E-state index contributed by atoms with van der Waals surface area (Å²) in [5, 5.41) is 2.62. The minimum atomic E-state index is -3.95. The van der Waals surface area contributed by atoms with Crippen molar-refractivity contribution in [3.63, 3.8) is 0 Å². The van der Waals surface area contributed by atoms with E-state index in [0.29, 0.717) is 5.75 Å². The van der Waals surface area contributed by atoms with E-state index in [9.17, 15) is 17.2 Å². The molecule has 0 aliphatic heterocycles. The Balaban J connectivity index is 3.22. The molecule has 0 amide bonds. The van der Waals surface area contributed by atoms with E-state index in [-0.39, 0.29) is 18.7 Å². The van der Waals surface area contributed by atoms with Crippen molar-refractivity contribution in [1.29, 1.82) is 0 Å². The second-order valence-electron chi connectivity index (χ2n) is 4.19. The molecule has 0 aromatic heterocycles. The van der Waals surface area contributed by atoms with Gasteiger partial charge in [-0.2, -0.15) is 11.8 Å². The predicted molar refractivity (Wildman–Crippen MR) is 77.3 cm³/mol. The molecule has 0 fully saturated rings. The van der Waals surface area contributed by atoms with Gasteiger partial charge in [0.1, 0.15) is 10.7 Å². The number of hydrogen-bond donors (Lipinski definition) is 1. The molecule has 4 nitrogen and oxygen atoms in total. The molecule has 1 N–H and O–H groups in total. The van der Waals surface area contributed by atoms with Crippen LogP contribution in [0.25, 0.3) is 0 Å². The van der Waals surface area contributed by atoms with Crippen LogP contribution >= 0.6 is 11.8 Å². The van der Waals surface area contributed by atoms with Gasteiger partial charge in [0.05, 0.1) is 0 Å². The van der Waals surface area contributed by atoms with E-state index in [2.05, 4.69) is 5.32 Å². The topological polar surface area (TPSA) is 49.4 Å². The highest BCUT2D eigenvalue weighted by Crippen LogP contribution is 2.23. The van der Waals surface area contributed by atoms with Crippen molar-refractivity contribution in [3.05, 3.63) is 29.3 Å². The van der Waals surface area contributed by atoms with Gasteiger partial charge in [0.15, 0.2) is 5.82 Å². The van der Waals surface area contributed by atoms with Crippen LogP contribution in [0, 0.1) is 11.6 Å². The molecule has 0 heterocycles. The highest BCUT2D eigenvalue weighted by molar-refractivity contribution is 7.98. The van der Waals surface area contributed by atoms with E-state index < -0.39 is 26.6 Å². The minimum Gasteiger partial charge on any atom is -0.315 e. The average Bonchev–Trinajstić information content (AvgIpc) is 2.40. The smallest absolute Gasteiger partial charge is 0.245 e. The molecule has 0 spiro atoms. The third-order valence-corrected chi connectivity index (χ3v) is 5.27. The van der Waals surface area contributed by atoms with Gasteiger partial charge >= 0.3 is 0 Å². The van der Waals surface area contributed by atoms with Crippen LogP contribution in [-0.2, 0) is 16.6 Å². The monoisotopic (exact) mass is 324 g/mol. The standard InChI is InChI=1S/C12H18F2N2O2S2/c1-15-8-9-10(13)4-5-11(12(9)14)20(17,18)16(2)6-7-19-3/h4-5,15H,6-8H2,1-3H3. The predicted octanol–water partition coefficient (Wildman–Crippen LogP) is 1.67. The number of rotatable bonds is 7. The van der Waals surface area contributed by atoms with Crippen LogP contribution in [0.2, 0.25) is 0 Å². The third-order valence-electron chi connectivity index (χ3n) is 2.80. The number of nitrogens with zero attached hydrogens (tertiary/aromatic N) is 1. The summed E-state index contributed by atoms with van der Waals surface area (Å²) >= 11 is 1.49. The van der Waals surface area contributed by atoms with Gasteiger partial charge in [-0.15, -0.1) is 0 Å². The van der Waals surface area contributed by atoms with Crippen LogP contribution in [-0.4, -0.2) is 45.4 Å². The molecule has 0 saturated heterocycles. The van der Waals surface area contributed by atoms with Crippen LogP contribution in [0.15, 0.2) is 17.0 Å². The number of nitrogens with one attached hydrogen (secondary N) is 1. The zero-order valence-corrected chi connectivity index (χ0v) is 13.2. The fraction of sp³-hybridized carbons (Fsp3) is 0.500. The van der Waals surface area contributed by atoms with Gasteiger partial charge in [-0.25, -0.2) is 21.5 Å². The summed E-state index contributed by atoms with van der Waals surface area (Å²) in [4.78, 5) is -0.493. The van der Waals surface area contributed by atoms with Gasteiger partial charge in [-0.1, -0.05) is 0 Å². The molecule has 0 atom stereocenters. The Hall–Kier alpha value is -0.700. The number of halogens is 2. The van der Waals surface area contributed by atoms with E-state index in [1.54, 1.807) is 0 Å². The Labute approximate surface area is 122 Å². The zero-order valence-electron chi connectivity index (χ0n) is 11.6. The number of thioether (sulfide) groups is 1. The number of benzene rings is 1. The molecule has 0 aliphatic rings. The fourth-order valence-electron chi connectivity index (χ4n) is 1.62. The zero-order chi connectivity index (χ0) is 15.3. The summed E-state index contributed by atoms with van der Waals surface area (Å²) in [6.45, 7) is 0.192. The van der Waals surface area contributed by atoms with Gasteiger partial charge in [-0.05, 0) is 25.4 Å². The van der Waals surface area contributed by atoms with Gasteiger partial charge in [0.25, 0.3) is 0 Å². The Morgan fingerprint density at radius 1 is 1.35 bits per heavy atom. The maximum absolute atomic E-state index is 14.2. The summed E-state index contributed by atoms with van der Waals surface area (Å²) in [7, 11) is -1.04. The largest absolute Gasteiger partial charge is 0.315 e. The summed E-state index contributed by atoms with van der Waals surface area (Å²) in [5.74, 6) is -1.19. The second-order valence-corrected chi connectivity index (χ2v) is 7.19. The highest BCUT2D eigenvalue weighted by atomic mass is 32.2. The Kier molecular flexibility index (Phi) is 6.38. The summed E-state index contributed by atoms with van der Waals surface area (Å²) < 4.78 is 53.3. The van der Waals surface area contributed by atoms with Crippen molar-refractivity contribution in [2.24, 2.45) is 0 Å². The molecule has 0 bridgehead atoms. The number of hydrogen-bond acceptors (Lipinski definition) is 4. The van der Waals surface area contributed by atoms with E-state index in [1.165, 1.54) is 25.9 Å². The molecule has 0 saturated carbocycles. The van der Waals surface area contributed by atoms with Crippen LogP contribution < -0.4 is 5.32 Å². The first-order valence-corrected chi connectivity index (χ1v) is 8.76. The minimum absolute atomic E-state index is 0.0739. The second kappa shape index (κ2) is 7.35. The highest BCUT2D eigenvalue weighted by Gasteiger charge is 2.26. The van der Waals surface area contributed by atoms with Gasteiger partial charge in [0.2, 0.25) is 10.0 Å². The maximum atomic E-state index is 14.2. The van der Waals surface area contributed by atoms with Gasteiger partial charge in [0, 0.05) is 31.5 Å². The van der Waals surface area contributed by atoms with Gasteiger partial charge < -0.3 is 5.32 Å². The van der Waals surface area contributed by atoms with E-state index in [4.69, 9.17) is 0 Å². The van der Waals surface area contributed by atoms with Crippen molar-refractivity contribution in [2.45, 2.75) is 11.4 Å². The lowest BCUT2D eigenvalue weighted by Crippen LogP contribution is -2.30. The fourth-order valence-corrected chi connectivity index (χ4v) is 3.45. The average molecular weight is 324 g/mol. The lowest BCUT2D eigenvalue weighted by molar-refractivity contribution is 0.473. The molecular weight excluding hydrogens is 306 g/mol. The molecule has 0 unspecified atom stereocenters. The van der Waals surface area contributed by atoms with E-state index in [0.717, 1.165) is 16.4 Å². The summed E-state index contributed by atoms with van der Waals surface area (Å²) in [6, 6.07) is 1.94. The van der Waals surface area contributed by atoms with Crippen LogP contribution in [0.1, 0.15) is 5.56 Å². The van der Waals surface area contributed by atoms with Crippen molar-refractivity contribution >= 4 is 21.8 Å². The Morgan fingerprint density at radius 3 is 2.55 bits per heavy atom. The molecule has 20 heavy (non-hydrogen) atoms. The normalized spacial score (nSPS) is 12.1. The lowest BCUT2D eigenvalue weighted by atomic mass is 10.2. The summed E-state index contributed by atoms with van der Waals surface area (Å²) in [5.41, 5.74) is -0.271. The van der Waals surface area contributed by atoms with Crippen LogP contribution in [0.5, 0.6) is 0 Å². The Bertz CT molecular complexity index is 565. The molecule has 1 rings (SSSR count). The third kappa shape index (κ3) is 3.69. The van der Waals surface area contributed by atoms with Crippen LogP contribution in [0.4, 0.5) is 8.78 Å². The SMILES string of the molecule is CNCc1c(F)ccc(S(=O)(=O)N(C)CCSC)c1F. The van der Waals surface area contributed by atoms with E-state index >= 15 is 0 Å². The van der Waals surface area contributed by atoms with Gasteiger partial charge in [-0.3, -0.25) is 0 Å². The Morgan fingerprint density at radius 2 is 2.00 bits per heavy atom. The molecule has 1 aromatic carbocycles. The number of sulfonamides is 1.